The third-order valence-corrected chi connectivity index (χ3v) is 4.96. The third kappa shape index (κ3) is 5.35. The Labute approximate surface area is 188 Å². The number of halogens is 6. The summed E-state index contributed by atoms with van der Waals surface area (Å²) in [6.45, 7) is -1.13. The van der Waals surface area contributed by atoms with Crippen LogP contribution in [0.25, 0.3) is 5.57 Å². The maximum absolute atomic E-state index is 13.0. The summed E-state index contributed by atoms with van der Waals surface area (Å²) in [6, 6.07) is 6.15. The van der Waals surface area contributed by atoms with Crippen LogP contribution in [0.15, 0.2) is 60.0 Å². The highest BCUT2D eigenvalue weighted by molar-refractivity contribution is 6.04. The van der Waals surface area contributed by atoms with E-state index in [0.717, 1.165) is 18.0 Å². The zero-order valence-corrected chi connectivity index (χ0v) is 17.2. The summed E-state index contributed by atoms with van der Waals surface area (Å²) in [6.07, 6.45) is -3.40. The summed E-state index contributed by atoms with van der Waals surface area (Å²) >= 11 is 0. The molecule has 1 unspecified atom stereocenters. The van der Waals surface area contributed by atoms with E-state index in [2.05, 4.69) is 20.3 Å². The van der Waals surface area contributed by atoms with Gasteiger partial charge >= 0.3 is 18.4 Å². The molecule has 178 valence electrons. The molecule has 1 aromatic carbocycles. The average molecular weight is 482 g/mol. The summed E-state index contributed by atoms with van der Waals surface area (Å²) in [5, 5.41) is 4.09. The molecule has 2 N–H and O–H groups in total. The molecule has 13 heteroatoms. The molecule has 2 aliphatic rings. The highest BCUT2D eigenvalue weighted by atomic mass is 19.4. The second kappa shape index (κ2) is 8.80. The first-order valence-corrected chi connectivity index (χ1v) is 9.83. The fourth-order valence-corrected chi connectivity index (χ4v) is 3.43. The van der Waals surface area contributed by atoms with Crippen LogP contribution < -0.4 is 10.6 Å². The average Bonchev–Trinajstić information content (AvgIpc) is 3.20. The monoisotopic (exact) mass is 482 g/mol. The number of hydrogen-bond acceptors (Lipinski definition) is 5. The number of rotatable bonds is 4. The lowest BCUT2D eigenvalue weighted by Gasteiger charge is -2.26. The van der Waals surface area contributed by atoms with Crippen LogP contribution >= 0.6 is 0 Å². The van der Waals surface area contributed by atoms with E-state index < -0.39 is 30.6 Å². The van der Waals surface area contributed by atoms with Crippen molar-refractivity contribution in [2.75, 3.05) is 18.4 Å². The Balaban J connectivity index is 1.46. The largest absolute Gasteiger partial charge is 0.433 e. The second-order valence-electron chi connectivity index (χ2n) is 7.37. The highest BCUT2D eigenvalue weighted by Gasteiger charge is 2.34. The van der Waals surface area contributed by atoms with Crippen molar-refractivity contribution in [3.05, 3.63) is 72.0 Å². The predicted molar refractivity (Wildman–Crippen MR) is 111 cm³/mol. The number of allylic oxidation sites excluding steroid dienone is 2. The number of nitrogens with zero attached hydrogens (tertiary/aromatic N) is 4. The van der Waals surface area contributed by atoms with Gasteiger partial charge in [0.25, 0.3) is 0 Å². The van der Waals surface area contributed by atoms with E-state index >= 15 is 0 Å². The molecule has 0 bridgehead atoms. The molecule has 7 nitrogen and oxygen atoms in total. The van der Waals surface area contributed by atoms with Gasteiger partial charge < -0.3 is 15.5 Å². The normalized spacial score (nSPS) is 17.7. The lowest BCUT2D eigenvalue weighted by Crippen LogP contribution is -2.36. The number of aliphatic imine (C=N–C) groups is 1. The zero-order valence-electron chi connectivity index (χ0n) is 17.2. The van der Waals surface area contributed by atoms with Gasteiger partial charge in [-0.05, 0) is 35.9 Å². The molecule has 1 aromatic heterocycles. The Bertz CT molecular complexity index is 1190. The van der Waals surface area contributed by atoms with Crippen LogP contribution in [0.4, 0.5) is 36.8 Å². The minimum Gasteiger partial charge on any atom is -0.329 e. The third-order valence-electron chi connectivity index (χ3n) is 4.96. The van der Waals surface area contributed by atoms with Gasteiger partial charge in [-0.25, -0.2) is 14.8 Å². The molecule has 0 saturated carbocycles. The summed E-state index contributed by atoms with van der Waals surface area (Å²) in [5.74, 6) is 0.510. The number of nitrogens with one attached hydrogen (secondary N) is 2. The molecule has 2 amide bonds. The predicted octanol–water partition coefficient (Wildman–Crippen LogP) is 4.55. The van der Waals surface area contributed by atoms with Crippen LogP contribution in [0.1, 0.15) is 23.0 Å². The maximum Gasteiger partial charge on any atom is 0.433 e. The van der Waals surface area contributed by atoms with Gasteiger partial charge in [0.2, 0.25) is 0 Å². The lowest BCUT2D eigenvalue weighted by atomic mass is 10.0. The summed E-state index contributed by atoms with van der Waals surface area (Å²) in [4.78, 5) is 25.1. The highest BCUT2D eigenvalue weighted by Crippen LogP contribution is 2.34. The van der Waals surface area contributed by atoms with Gasteiger partial charge in [0.15, 0.2) is 0 Å². The Kier molecular flexibility index (Phi) is 6.02. The van der Waals surface area contributed by atoms with E-state index in [1.165, 1.54) is 6.07 Å². The van der Waals surface area contributed by atoms with E-state index in [1.54, 1.807) is 46.8 Å². The van der Waals surface area contributed by atoms with Gasteiger partial charge in [-0.2, -0.15) is 26.3 Å². The second-order valence-corrected chi connectivity index (χ2v) is 7.37. The molecule has 2 aromatic rings. The smallest absolute Gasteiger partial charge is 0.329 e. The van der Waals surface area contributed by atoms with E-state index in [9.17, 15) is 31.1 Å². The number of amidine groups is 1. The van der Waals surface area contributed by atoms with E-state index in [4.69, 9.17) is 0 Å². The van der Waals surface area contributed by atoms with Crippen molar-refractivity contribution in [2.45, 2.75) is 18.4 Å². The first-order chi connectivity index (χ1) is 16.0. The number of fused-ring (bicyclic) bond motifs is 1. The first-order valence-electron chi connectivity index (χ1n) is 9.83. The zero-order chi connectivity index (χ0) is 24.5. The number of aromatic nitrogens is 2. The lowest BCUT2D eigenvalue weighted by molar-refractivity contribution is -0.141. The van der Waals surface area contributed by atoms with Gasteiger partial charge in [0.1, 0.15) is 24.4 Å². The van der Waals surface area contributed by atoms with Crippen LogP contribution in [-0.2, 0) is 6.18 Å². The van der Waals surface area contributed by atoms with Crippen molar-refractivity contribution in [3.63, 3.8) is 0 Å². The number of hydrogen-bond donors (Lipinski definition) is 2. The standard InChI is InChI=1S/C21H16F6N6O/c22-20(23,24)10-29-19(34)32-14-3-1-2-13(6-14)16-9-28-18-7-12(4-5-33(16)18)15-8-17(21(25,26)27)31-11-30-15/h1-8,11,16H,9-10H2,(H2,29,32,34). The minimum absolute atomic E-state index is 0.0976. The van der Waals surface area contributed by atoms with Crippen LogP contribution in [0.2, 0.25) is 0 Å². The molecule has 34 heavy (non-hydrogen) atoms. The summed E-state index contributed by atoms with van der Waals surface area (Å²) < 4.78 is 75.6. The van der Waals surface area contributed by atoms with Crippen molar-refractivity contribution in [1.82, 2.24) is 20.2 Å². The summed E-state index contributed by atoms with van der Waals surface area (Å²) in [5.41, 5.74) is 0.503. The van der Waals surface area contributed by atoms with Gasteiger partial charge in [0.05, 0.1) is 18.3 Å². The molecular formula is C21H16F6N6O. The van der Waals surface area contributed by atoms with Crippen LogP contribution in [0.5, 0.6) is 0 Å². The molecular weight excluding hydrogens is 466 g/mol. The van der Waals surface area contributed by atoms with Gasteiger partial charge in [0, 0.05) is 17.5 Å². The topological polar surface area (TPSA) is 82.5 Å². The van der Waals surface area contributed by atoms with E-state index in [0.29, 0.717) is 23.6 Å². The fourth-order valence-electron chi connectivity index (χ4n) is 3.43. The SMILES string of the molecule is O=C(NCC(F)(F)F)Nc1cccc(C2CN=C3C=C(c4cc(C(F)(F)F)ncn4)C=CN32)c1. The van der Waals surface area contributed by atoms with Crippen molar-refractivity contribution >= 4 is 23.1 Å². The molecule has 0 radical (unpaired) electrons. The van der Waals surface area contributed by atoms with Crippen LogP contribution in [0, 0.1) is 0 Å². The number of alkyl halides is 6. The molecule has 0 fully saturated rings. The number of amides is 2. The molecule has 0 aliphatic carbocycles. The Morgan fingerprint density at radius 1 is 1.12 bits per heavy atom. The van der Waals surface area contributed by atoms with E-state index in [-0.39, 0.29) is 11.7 Å². The van der Waals surface area contributed by atoms with Gasteiger partial charge in [-0.3, -0.25) is 4.99 Å². The maximum atomic E-state index is 13.0. The Hall–Kier alpha value is -3.90. The Morgan fingerprint density at radius 3 is 2.65 bits per heavy atom. The van der Waals surface area contributed by atoms with Gasteiger partial charge in [-0.15, -0.1) is 0 Å². The van der Waals surface area contributed by atoms with Crippen LogP contribution in [0.3, 0.4) is 0 Å². The summed E-state index contributed by atoms with van der Waals surface area (Å²) in [7, 11) is 0. The van der Waals surface area contributed by atoms with Crippen molar-refractivity contribution in [1.29, 1.82) is 0 Å². The Morgan fingerprint density at radius 2 is 1.91 bits per heavy atom. The number of anilines is 1. The first kappa shape index (κ1) is 23.3. The van der Waals surface area contributed by atoms with Crippen molar-refractivity contribution < 1.29 is 31.1 Å². The number of carbonyl (C=O) groups is 1. The van der Waals surface area contributed by atoms with Gasteiger partial charge in [-0.1, -0.05) is 12.1 Å². The minimum atomic E-state index is -4.60. The van der Waals surface area contributed by atoms with Crippen LogP contribution in [-0.4, -0.2) is 46.0 Å². The molecule has 2 aliphatic heterocycles. The molecule has 0 spiro atoms. The van der Waals surface area contributed by atoms with Crippen molar-refractivity contribution in [2.24, 2.45) is 4.99 Å². The number of urea groups is 1. The van der Waals surface area contributed by atoms with E-state index in [1.807, 2.05) is 0 Å². The molecule has 1 atom stereocenters. The molecule has 0 saturated heterocycles. The fraction of sp³-hybridized carbons (Fsp3) is 0.238. The molecule has 3 heterocycles. The van der Waals surface area contributed by atoms with Crippen molar-refractivity contribution in [3.8, 4) is 0 Å². The quantitative estimate of drug-likeness (QED) is 0.627. The number of benzene rings is 1. The number of carbonyl (C=O) groups excluding carboxylic acids is 1. The molecule has 4 rings (SSSR count).